The van der Waals surface area contributed by atoms with Gasteiger partial charge in [0.25, 0.3) is 5.91 Å². The summed E-state index contributed by atoms with van der Waals surface area (Å²) in [5.74, 6) is -0.175. The molecule has 120 valence electrons. The van der Waals surface area contributed by atoms with E-state index in [2.05, 4.69) is 15.6 Å². The maximum Gasteiger partial charge on any atom is 0.257 e. The van der Waals surface area contributed by atoms with Gasteiger partial charge in [-0.25, -0.2) is 0 Å². The molecule has 0 atom stereocenters. The Balaban J connectivity index is 1.84. The van der Waals surface area contributed by atoms with Crippen LogP contribution in [0.5, 0.6) is 0 Å². The minimum Gasteiger partial charge on any atom is -0.384 e. The lowest BCUT2D eigenvalue weighted by Gasteiger charge is -2.12. The van der Waals surface area contributed by atoms with E-state index in [-0.39, 0.29) is 5.91 Å². The lowest BCUT2D eigenvalue weighted by molar-refractivity contribution is 0.102. The first-order valence-electron chi connectivity index (χ1n) is 7.92. The van der Waals surface area contributed by atoms with E-state index in [1.807, 2.05) is 67.6 Å². The van der Waals surface area contributed by atoms with Crippen molar-refractivity contribution < 1.29 is 4.79 Å². The minimum absolute atomic E-state index is 0.175. The molecule has 3 aromatic rings. The summed E-state index contributed by atoms with van der Waals surface area (Å²) in [6.07, 6.45) is 3.34. The van der Waals surface area contributed by atoms with Crippen LogP contribution in [0.4, 0.5) is 11.4 Å². The van der Waals surface area contributed by atoms with E-state index in [1.54, 1.807) is 12.4 Å². The van der Waals surface area contributed by atoms with Crippen LogP contribution in [0.15, 0.2) is 73.1 Å². The number of rotatable bonds is 5. The molecule has 2 aromatic carbocycles. The molecule has 1 amide bonds. The molecule has 4 heteroatoms. The van der Waals surface area contributed by atoms with Gasteiger partial charge in [0, 0.05) is 24.5 Å². The van der Waals surface area contributed by atoms with Crippen LogP contribution >= 0.6 is 0 Å². The van der Waals surface area contributed by atoms with Crippen molar-refractivity contribution in [3.8, 4) is 11.1 Å². The van der Waals surface area contributed by atoms with Gasteiger partial charge in [-0.2, -0.15) is 0 Å². The Labute approximate surface area is 141 Å². The third-order valence-electron chi connectivity index (χ3n) is 3.65. The molecule has 0 aliphatic heterocycles. The molecule has 0 unspecified atom stereocenters. The quantitative estimate of drug-likeness (QED) is 0.732. The van der Waals surface area contributed by atoms with E-state index in [0.29, 0.717) is 5.56 Å². The lowest BCUT2D eigenvalue weighted by Crippen LogP contribution is -2.14. The van der Waals surface area contributed by atoms with Crippen molar-refractivity contribution >= 4 is 17.3 Å². The van der Waals surface area contributed by atoms with E-state index >= 15 is 0 Å². The number of hydrogen-bond donors (Lipinski definition) is 2. The Morgan fingerprint density at radius 2 is 1.62 bits per heavy atom. The number of benzene rings is 2. The molecule has 2 N–H and O–H groups in total. The highest BCUT2D eigenvalue weighted by molar-refractivity contribution is 6.06. The monoisotopic (exact) mass is 317 g/mol. The topological polar surface area (TPSA) is 54.0 Å². The SMILES string of the molecule is CCNc1ccccc1NC(=O)c1cncc(-c2ccccc2)c1. The van der Waals surface area contributed by atoms with Crippen LogP contribution in [-0.2, 0) is 0 Å². The van der Waals surface area contributed by atoms with Gasteiger partial charge < -0.3 is 10.6 Å². The molecule has 0 spiro atoms. The van der Waals surface area contributed by atoms with Crippen LogP contribution in [0.3, 0.4) is 0 Å². The number of anilines is 2. The summed E-state index contributed by atoms with van der Waals surface area (Å²) in [5, 5.41) is 6.19. The summed E-state index contributed by atoms with van der Waals surface area (Å²) >= 11 is 0. The normalized spacial score (nSPS) is 10.2. The highest BCUT2D eigenvalue weighted by Gasteiger charge is 2.10. The third-order valence-corrected chi connectivity index (χ3v) is 3.65. The van der Waals surface area contributed by atoms with Crippen LogP contribution < -0.4 is 10.6 Å². The predicted molar refractivity (Wildman–Crippen MR) is 98.2 cm³/mol. The van der Waals surface area contributed by atoms with Crippen LogP contribution in [0.25, 0.3) is 11.1 Å². The zero-order valence-electron chi connectivity index (χ0n) is 13.5. The summed E-state index contributed by atoms with van der Waals surface area (Å²) in [5.41, 5.74) is 4.15. The largest absolute Gasteiger partial charge is 0.384 e. The Kier molecular flexibility index (Phi) is 4.87. The van der Waals surface area contributed by atoms with Crippen LogP contribution in [0.2, 0.25) is 0 Å². The highest BCUT2D eigenvalue weighted by atomic mass is 16.1. The molecule has 3 rings (SSSR count). The number of aromatic nitrogens is 1. The summed E-state index contributed by atoms with van der Waals surface area (Å²) in [4.78, 5) is 16.8. The van der Waals surface area contributed by atoms with E-state index in [4.69, 9.17) is 0 Å². The third kappa shape index (κ3) is 3.60. The van der Waals surface area contributed by atoms with Gasteiger partial charge in [-0.05, 0) is 30.7 Å². The molecule has 24 heavy (non-hydrogen) atoms. The molecule has 0 saturated heterocycles. The van der Waals surface area contributed by atoms with E-state index in [0.717, 1.165) is 29.0 Å². The van der Waals surface area contributed by atoms with Crippen molar-refractivity contribution in [1.29, 1.82) is 0 Å². The van der Waals surface area contributed by atoms with Gasteiger partial charge in [0.15, 0.2) is 0 Å². The first kappa shape index (κ1) is 15.7. The molecule has 1 heterocycles. The molecule has 0 aliphatic rings. The molecule has 0 fully saturated rings. The molecular weight excluding hydrogens is 298 g/mol. The number of carbonyl (C=O) groups excluding carboxylic acids is 1. The minimum atomic E-state index is -0.175. The molecule has 0 saturated carbocycles. The van der Waals surface area contributed by atoms with E-state index in [9.17, 15) is 4.79 Å². The number of para-hydroxylation sites is 2. The number of pyridine rings is 1. The Morgan fingerprint density at radius 3 is 2.38 bits per heavy atom. The van der Waals surface area contributed by atoms with E-state index in [1.165, 1.54) is 0 Å². The maximum absolute atomic E-state index is 12.6. The average Bonchev–Trinajstić information content (AvgIpc) is 2.64. The summed E-state index contributed by atoms with van der Waals surface area (Å²) in [6.45, 7) is 2.81. The molecule has 1 aromatic heterocycles. The standard InChI is InChI=1S/C20H19N3O/c1-2-22-18-10-6-7-11-19(18)23-20(24)17-12-16(13-21-14-17)15-8-4-3-5-9-15/h3-14,22H,2H2,1H3,(H,23,24). The van der Waals surface area contributed by atoms with E-state index < -0.39 is 0 Å². The van der Waals surface area contributed by atoms with Crippen molar-refractivity contribution in [3.63, 3.8) is 0 Å². The van der Waals surface area contributed by atoms with Crippen molar-refractivity contribution in [1.82, 2.24) is 4.98 Å². The summed E-state index contributed by atoms with van der Waals surface area (Å²) < 4.78 is 0. The number of carbonyl (C=O) groups is 1. The van der Waals surface area contributed by atoms with Crippen molar-refractivity contribution in [2.75, 3.05) is 17.2 Å². The number of nitrogens with one attached hydrogen (secondary N) is 2. The number of hydrogen-bond acceptors (Lipinski definition) is 3. The fourth-order valence-corrected chi connectivity index (χ4v) is 2.48. The smallest absolute Gasteiger partial charge is 0.257 e. The summed E-state index contributed by atoms with van der Waals surface area (Å²) in [7, 11) is 0. The second-order valence-corrected chi connectivity index (χ2v) is 5.36. The second kappa shape index (κ2) is 7.42. The predicted octanol–water partition coefficient (Wildman–Crippen LogP) is 4.43. The molecule has 0 radical (unpaired) electrons. The van der Waals surface area contributed by atoms with Gasteiger partial charge in [-0.1, -0.05) is 42.5 Å². The highest BCUT2D eigenvalue weighted by Crippen LogP contribution is 2.23. The molecular formula is C20H19N3O. The van der Waals surface area contributed by atoms with Crippen LogP contribution in [0, 0.1) is 0 Å². The number of nitrogens with zero attached hydrogens (tertiary/aromatic N) is 1. The lowest BCUT2D eigenvalue weighted by atomic mass is 10.1. The Hall–Kier alpha value is -3.14. The fraction of sp³-hybridized carbons (Fsp3) is 0.100. The van der Waals surface area contributed by atoms with Crippen LogP contribution in [-0.4, -0.2) is 17.4 Å². The maximum atomic E-state index is 12.6. The first-order valence-corrected chi connectivity index (χ1v) is 7.92. The van der Waals surface area contributed by atoms with Crippen LogP contribution in [0.1, 0.15) is 17.3 Å². The summed E-state index contributed by atoms with van der Waals surface area (Å²) in [6, 6.07) is 19.4. The zero-order valence-corrected chi connectivity index (χ0v) is 13.5. The van der Waals surface area contributed by atoms with Gasteiger partial charge in [-0.15, -0.1) is 0 Å². The molecule has 0 bridgehead atoms. The fourth-order valence-electron chi connectivity index (χ4n) is 2.48. The van der Waals surface area contributed by atoms with Crippen molar-refractivity contribution in [2.45, 2.75) is 6.92 Å². The number of amides is 1. The molecule has 4 nitrogen and oxygen atoms in total. The molecule has 0 aliphatic carbocycles. The van der Waals surface area contributed by atoms with Gasteiger partial charge in [-0.3, -0.25) is 9.78 Å². The first-order chi connectivity index (χ1) is 11.8. The Morgan fingerprint density at radius 1 is 0.917 bits per heavy atom. The van der Waals surface area contributed by atoms with Gasteiger partial charge >= 0.3 is 0 Å². The zero-order chi connectivity index (χ0) is 16.8. The van der Waals surface area contributed by atoms with Gasteiger partial charge in [0.05, 0.1) is 16.9 Å². The van der Waals surface area contributed by atoms with Crippen molar-refractivity contribution in [2.24, 2.45) is 0 Å². The average molecular weight is 317 g/mol. The van der Waals surface area contributed by atoms with Crippen molar-refractivity contribution in [3.05, 3.63) is 78.6 Å². The Bertz CT molecular complexity index is 831. The van der Waals surface area contributed by atoms with Gasteiger partial charge in [0.2, 0.25) is 0 Å². The van der Waals surface area contributed by atoms with Gasteiger partial charge in [0.1, 0.15) is 0 Å². The second-order valence-electron chi connectivity index (χ2n) is 5.36.